The fraction of sp³-hybridized carbons (Fsp3) is 0.417. The Kier molecular flexibility index (Phi) is 1.37. The van der Waals surface area contributed by atoms with Crippen LogP contribution in [0, 0.1) is 5.41 Å². The molecule has 1 aliphatic carbocycles. The molecule has 1 heterocycles. The molecule has 2 heteroatoms. The van der Waals surface area contributed by atoms with Crippen LogP contribution in [0.3, 0.4) is 0 Å². The van der Waals surface area contributed by atoms with E-state index in [1.807, 2.05) is 24.3 Å². The normalized spacial score (nSPS) is 26.9. The molecule has 2 nitrogen and oxygen atoms in total. The SMILES string of the molecule is CC1([C@H]2C(=O)Oc3ccccc32)CC1. The maximum atomic E-state index is 11.7. The van der Waals surface area contributed by atoms with Crippen LogP contribution in [0.25, 0.3) is 0 Å². The summed E-state index contributed by atoms with van der Waals surface area (Å²) in [7, 11) is 0. The van der Waals surface area contributed by atoms with E-state index in [1.54, 1.807) is 0 Å². The average molecular weight is 188 g/mol. The minimum atomic E-state index is -0.0637. The standard InChI is InChI=1S/C12H12O2/c1-12(6-7-12)10-8-4-2-3-5-9(8)14-11(10)13/h2-5,10H,6-7H2,1H3/t10-/m1/s1. The molecule has 1 atom stereocenters. The minimum absolute atomic E-state index is 0.0151. The van der Waals surface area contributed by atoms with Crippen molar-refractivity contribution in [3.05, 3.63) is 29.8 Å². The molecular weight excluding hydrogens is 176 g/mol. The zero-order chi connectivity index (χ0) is 9.76. The largest absolute Gasteiger partial charge is 0.426 e. The van der Waals surface area contributed by atoms with Crippen LogP contribution in [0.2, 0.25) is 0 Å². The molecule has 1 aromatic carbocycles. The first-order valence-electron chi connectivity index (χ1n) is 5.01. The van der Waals surface area contributed by atoms with Gasteiger partial charge in [0.25, 0.3) is 0 Å². The smallest absolute Gasteiger partial charge is 0.319 e. The molecule has 72 valence electrons. The maximum Gasteiger partial charge on any atom is 0.319 e. The molecule has 1 fully saturated rings. The fourth-order valence-electron chi connectivity index (χ4n) is 2.25. The number of esters is 1. The molecule has 2 aliphatic rings. The molecule has 0 aromatic heterocycles. The Morgan fingerprint density at radius 3 is 2.79 bits per heavy atom. The van der Waals surface area contributed by atoms with Crippen molar-refractivity contribution in [3.63, 3.8) is 0 Å². The Bertz CT molecular complexity index is 405. The van der Waals surface area contributed by atoms with Crippen molar-refractivity contribution in [1.82, 2.24) is 0 Å². The molecule has 0 spiro atoms. The van der Waals surface area contributed by atoms with Gasteiger partial charge in [0.2, 0.25) is 0 Å². The van der Waals surface area contributed by atoms with Crippen LogP contribution in [0.5, 0.6) is 5.75 Å². The molecule has 0 N–H and O–H groups in total. The summed E-state index contributed by atoms with van der Waals surface area (Å²) in [5.41, 5.74) is 1.25. The van der Waals surface area contributed by atoms with Crippen molar-refractivity contribution in [2.45, 2.75) is 25.7 Å². The zero-order valence-corrected chi connectivity index (χ0v) is 8.12. The first-order valence-corrected chi connectivity index (χ1v) is 5.01. The lowest BCUT2D eigenvalue weighted by molar-refractivity contribution is -0.135. The van der Waals surface area contributed by atoms with E-state index in [9.17, 15) is 4.79 Å². The molecule has 1 saturated carbocycles. The molecule has 3 rings (SSSR count). The lowest BCUT2D eigenvalue weighted by Gasteiger charge is -2.13. The number of ether oxygens (including phenoxy) is 1. The Morgan fingerprint density at radius 2 is 2.07 bits per heavy atom. The topological polar surface area (TPSA) is 26.3 Å². The highest BCUT2D eigenvalue weighted by atomic mass is 16.5. The second kappa shape index (κ2) is 2.38. The molecule has 14 heavy (non-hydrogen) atoms. The van der Waals surface area contributed by atoms with E-state index in [1.165, 1.54) is 0 Å². The van der Waals surface area contributed by atoms with Gasteiger partial charge in [-0.05, 0) is 24.3 Å². The highest BCUT2D eigenvalue weighted by Gasteiger charge is 2.53. The van der Waals surface area contributed by atoms with Crippen molar-refractivity contribution in [2.75, 3.05) is 0 Å². The zero-order valence-electron chi connectivity index (χ0n) is 8.12. The van der Waals surface area contributed by atoms with E-state index in [0.717, 1.165) is 24.2 Å². The number of carbonyl (C=O) groups is 1. The van der Waals surface area contributed by atoms with Crippen molar-refractivity contribution < 1.29 is 9.53 Å². The summed E-state index contributed by atoms with van der Waals surface area (Å²) in [6.07, 6.45) is 2.28. The van der Waals surface area contributed by atoms with E-state index in [0.29, 0.717) is 0 Å². The molecule has 1 aromatic rings. The summed E-state index contributed by atoms with van der Waals surface area (Å²) in [5, 5.41) is 0. The number of carbonyl (C=O) groups excluding carboxylic acids is 1. The molecule has 0 saturated heterocycles. The van der Waals surface area contributed by atoms with Crippen molar-refractivity contribution in [1.29, 1.82) is 0 Å². The molecular formula is C12H12O2. The predicted molar refractivity (Wildman–Crippen MR) is 52.2 cm³/mol. The molecule has 0 radical (unpaired) electrons. The quantitative estimate of drug-likeness (QED) is 0.500. The number of para-hydroxylation sites is 1. The van der Waals surface area contributed by atoms with Crippen LogP contribution >= 0.6 is 0 Å². The van der Waals surface area contributed by atoms with Gasteiger partial charge < -0.3 is 4.74 Å². The lowest BCUT2D eigenvalue weighted by Crippen LogP contribution is -2.18. The van der Waals surface area contributed by atoms with E-state index in [2.05, 4.69) is 6.92 Å². The van der Waals surface area contributed by atoms with Gasteiger partial charge in [0.1, 0.15) is 5.75 Å². The Balaban J connectivity index is 2.10. The number of hydrogen-bond donors (Lipinski definition) is 0. The van der Waals surface area contributed by atoms with E-state index in [4.69, 9.17) is 4.74 Å². The van der Waals surface area contributed by atoms with Gasteiger partial charge in [0.05, 0.1) is 5.92 Å². The summed E-state index contributed by atoms with van der Waals surface area (Å²) in [5.74, 6) is 0.681. The van der Waals surface area contributed by atoms with E-state index < -0.39 is 0 Å². The summed E-state index contributed by atoms with van der Waals surface area (Å²) < 4.78 is 5.25. The van der Waals surface area contributed by atoms with Crippen LogP contribution in [0.15, 0.2) is 24.3 Å². The van der Waals surface area contributed by atoms with E-state index >= 15 is 0 Å². The van der Waals surface area contributed by atoms with Crippen LogP contribution in [0.4, 0.5) is 0 Å². The van der Waals surface area contributed by atoms with Gasteiger partial charge in [-0.3, -0.25) is 4.79 Å². The second-order valence-corrected chi connectivity index (χ2v) is 4.55. The molecule has 0 amide bonds. The number of benzene rings is 1. The molecule has 0 bridgehead atoms. The second-order valence-electron chi connectivity index (χ2n) is 4.55. The van der Waals surface area contributed by atoms with Gasteiger partial charge >= 0.3 is 5.97 Å². The molecule has 1 aliphatic heterocycles. The van der Waals surface area contributed by atoms with Crippen molar-refractivity contribution >= 4 is 5.97 Å². The van der Waals surface area contributed by atoms with Gasteiger partial charge in [0.15, 0.2) is 0 Å². The highest BCUT2D eigenvalue weighted by Crippen LogP contribution is 2.59. The highest BCUT2D eigenvalue weighted by molar-refractivity contribution is 5.87. The first kappa shape index (κ1) is 8.04. The van der Waals surface area contributed by atoms with Gasteiger partial charge in [-0.15, -0.1) is 0 Å². The summed E-state index contributed by atoms with van der Waals surface area (Å²) in [6.45, 7) is 2.17. The summed E-state index contributed by atoms with van der Waals surface area (Å²) in [4.78, 5) is 11.7. The Labute approximate surface area is 82.9 Å². The van der Waals surface area contributed by atoms with Gasteiger partial charge in [-0.25, -0.2) is 0 Å². The fourth-order valence-corrected chi connectivity index (χ4v) is 2.25. The maximum absolute atomic E-state index is 11.7. The number of fused-ring (bicyclic) bond motifs is 1. The van der Waals surface area contributed by atoms with Gasteiger partial charge in [-0.1, -0.05) is 25.1 Å². The van der Waals surface area contributed by atoms with Crippen LogP contribution in [-0.2, 0) is 4.79 Å². The van der Waals surface area contributed by atoms with E-state index in [-0.39, 0.29) is 17.3 Å². The number of hydrogen-bond acceptors (Lipinski definition) is 2. The van der Waals surface area contributed by atoms with Gasteiger partial charge in [0, 0.05) is 5.56 Å². The summed E-state index contributed by atoms with van der Waals surface area (Å²) >= 11 is 0. The third-order valence-electron chi connectivity index (χ3n) is 3.41. The monoisotopic (exact) mass is 188 g/mol. The Hall–Kier alpha value is -1.31. The minimum Gasteiger partial charge on any atom is -0.426 e. The lowest BCUT2D eigenvalue weighted by atomic mass is 9.86. The van der Waals surface area contributed by atoms with Crippen molar-refractivity contribution in [2.24, 2.45) is 5.41 Å². The Morgan fingerprint density at radius 1 is 1.36 bits per heavy atom. The third-order valence-corrected chi connectivity index (χ3v) is 3.41. The number of rotatable bonds is 1. The predicted octanol–water partition coefficient (Wildman–Crippen LogP) is 2.49. The van der Waals surface area contributed by atoms with Gasteiger partial charge in [-0.2, -0.15) is 0 Å². The molecule has 0 unspecified atom stereocenters. The van der Waals surface area contributed by atoms with Crippen LogP contribution in [-0.4, -0.2) is 5.97 Å². The van der Waals surface area contributed by atoms with Crippen LogP contribution in [0.1, 0.15) is 31.2 Å². The third kappa shape index (κ3) is 0.939. The van der Waals surface area contributed by atoms with Crippen molar-refractivity contribution in [3.8, 4) is 5.75 Å². The summed E-state index contributed by atoms with van der Waals surface area (Å²) in [6, 6.07) is 7.76. The van der Waals surface area contributed by atoms with Crippen LogP contribution < -0.4 is 4.74 Å². The first-order chi connectivity index (χ1) is 6.71. The average Bonchev–Trinajstić information content (AvgIpc) is 2.79.